The van der Waals surface area contributed by atoms with Crippen LogP contribution in [0.3, 0.4) is 0 Å². The van der Waals surface area contributed by atoms with Gasteiger partial charge in [0.15, 0.2) is 0 Å². The number of benzene rings is 1. The van der Waals surface area contributed by atoms with Crippen LogP contribution in [0, 0.1) is 24.8 Å². The summed E-state index contributed by atoms with van der Waals surface area (Å²) in [6.45, 7) is 0.915. The van der Waals surface area contributed by atoms with E-state index in [4.69, 9.17) is 5.73 Å². The van der Waals surface area contributed by atoms with Crippen molar-refractivity contribution in [2.75, 3.05) is 5.73 Å². The molecule has 0 heterocycles. The van der Waals surface area contributed by atoms with E-state index in [1.54, 1.807) is 5.92 Å². The van der Waals surface area contributed by atoms with Gasteiger partial charge in [0.05, 0.1) is 11.3 Å². The summed E-state index contributed by atoms with van der Waals surface area (Å²) in [6.07, 6.45) is -3.97. The van der Waals surface area contributed by atoms with Crippen molar-refractivity contribution < 1.29 is 22.0 Å². The number of rotatable bonds is 0. The van der Waals surface area contributed by atoms with Crippen LogP contribution in [0.2, 0.25) is 0 Å². The molecule has 0 aliphatic rings. The molecule has 1 nitrogen and oxygen atoms in total. The van der Waals surface area contributed by atoms with Crippen molar-refractivity contribution in [2.24, 2.45) is 0 Å². The Balaban J connectivity index is 3.66. The largest absolute Gasteiger partial charge is 0.417 e. The Labute approximate surface area is 88.1 Å². The van der Waals surface area contributed by atoms with Gasteiger partial charge in [-0.05, 0) is 18.9 Å². The van der Waals surface area contributed by atoms with E-state index < -0.39 is 34.4 Å². The SMILES string of the molecule is Cc1c(F)c(N)cc(C#CF)c1C(F)(F)F. The molecule has 0 saturated carbocycles. The molecular formula is C10H6F5N. The normalized spacial score (nSPS) is 10.9. The minimum absolute atomic E-state index is 0.497. The van der Waals surface area contributed by atoms with E-state index in [1.165, 1.54) is 0 Å². The summed E-state index contributed by atoms with van der Waals surface area (Å²) in [5.74, 6) is 0.439. The third-order valence-corrected chi connectivity index (χ3v) is 1.99. The van der Waals surface area contributed by atoms with Crippen LogP contribution in [-0.4, -0.2) is 0 Å². The molecule has 0 amide bonds. The van der Waals surface area contributed by atoms with Crippen molar-refractivity contribution in [3.63, 3.8) is 0 Å². The highest BCUT2D eigenvalue weighted by molar-refractivity contribution is 5.57. The van der Waals surface area contributed by atoms with Gasteiger partial charge in [-0.15, -0.1) is 4.39 Å². The van der Waals surface area contributed by atoms with Gasteiger partial charge >= 0.3 is 6.18 Å². The van der Waals surface area contributed by atoms with Gasteiger partial charge in [-0.1, -0.05) is 0 Å². The fraction of sp³-hybridized carbons (Fsp3) is 0.200. The van der Waals surface area contributed by atoms with Crippen LogP contribution in [0.15, 0.2) is 6.07 Å². The number of nitrogens with two attached hydrogens (primary N) is 1. The second-order valence-electron chi connectivity index (χ2n) is 3.04. The summed E-state index contributed by atoms with van der Waals surface area (Å²) in [7, 11) is 0. The molecule has 0 bridgehead atoms. The maximum Gasteiger partial charge on any atom is 0.417 e. The highest BCUT2D eigenvalue weighted by atomic mass is 19.4. The molecule has 0 unspecified atom stereocenters. The van der Waals surface area contributed by atoms with Crippen LogP contribution in [0.5, 0.6) is 0 Å². The van der Waals surface area contributed by atoms with E-state index >= 15 is 0 Å². The van der Waals surface area contributed by atoms with Crippen LogP contribution >= 0.6 is 0 Å². The van der Waals surface area contributed by atoms with Gasteiger partial charge in [0, 0.05) is 11.1 Å². The minimum atomic E-state index is -4.81. The average molecular weight is 235 g/mol. The van der Waals surface area contributed by atoms with Gasteiger partial charge in [0.2, 0.25) is 0 Å². The van der Waals surface area contributed by atoms with Crippen LogP contribution in [-0.2, 0) is 6.18 Å². The van der Waals surface area contributed by atoms with Crippen molar-refractivity contribution in [2.45, 2.75) is 13.1 Å². The van der Waals surface area contributed by atoms with Gasteiger partial charge < -0.3 is 5.73 Å². The van der Waals surface area contributed by atoms with E-state index in [2.05, 4.69) is 0 Å². The van der Waals surface area contributed by atoms with E-state index in [1.807, 2.05) is 0 Å². The van der Waals surface area contributed by atoms with Crippen LogP contribution < -0.4 is 5.73 Å². The van der Waals surface area contributed by atoms with Crippen molar-refractivity contribution >= 4 is 5.69 Å². The van der Waals surface area contributed by atoms with Crippen molar-refractivity contribution in [1.82, 2.24) is 0 Å². The highest BCUT2D eigenvalue weighted by Crippen LogP contribution is 2.36. The van der Waals surface area contributed by atoms with Crippen LogP contribution in [0.1, 0.15) is 16.7 Å². The molecule has 2 N–H and O–H groups in total. The van der Waals surface area contributed by atoms with Gasteiger partial charge in [-0.25, -0.2) is 4.39 Å². The molecule has 1 aromatic carbocycles. The predicted octanol–water partition coefficient (Wildman–Crippen LogP) is 3.01. The molecule has 86 valence electrons. The van der Waals surface area contributed by atoms with Gasteiger partial charge in [-0.2, -0.15) is 13.2 Å². The average Bonchev–Trinajstić information content (AvgIpc) is 2.12. The number of hydrogen-bond acceptors (Lipinski definition) is 1. The quantitative estimate of drug-likeness (QED) is 0.417. The summed E-state index contributed by atoms with van der Waals surface area (Å²) >= 11 is 0. The Kier molecular flexibility index (Phi) is 3.08. The second kappa shape index (κ2) is 4.00. The number of anilines is 1. The third kappa shape index (κ3) is 2.08. The van der Waals surface area contributed by atoms with Crippen LogP contribution in [0.4, 0.5) is 27.6 Å². The lowest BCUT2D eigenvalue weighted by molar-refractivity contribution is -0.138. The van der Waals surface area contributed by atoms with Crippen LogP contribution in [0.25, 0.3) is 0 Å². The lowest BCUT2D eigenvalue weighted by Gasteiger charge is -2.14. The summed E-state index contributed by atoms with van der Waals surface area (Å²) in [5.41, 5.74) is 1.97. The molecule has 0 saturated heterocycles. The number of alkyl halides is 3. The standard InChI is InChI=1S/C10H6F5N/c1-5-8(10(13,14)15)6(2-3-11)4-7(16)9(5)12/h4H,16H2,1H3. The molecular weight excluding hydrogens is 229 g/mol. The molecule has 0 spiro atoms. The molecule has 6 heteroatoms. The van der Waals surface area contributed by atoms with Gasteiger partial charge in [0.25, 0.3) is 0 Å². The summed E-state index contributed by atoms with van der Waals surface area (Å²) in [5, 5.41) is 0. The minimum Gasteiger partial charge on any atom is -0.396 e. The number of hydrogen-bond donors (Lipinski definition) is 1. The maximum absolute atomic E-state index is 13.2. The monoisotopic (exact) mass is 235 g/mol. The van der Waals surface area contributed by atoms with Crippen molar-refractivity contribution in [3.8, 4) is 12.1 Å². The first kappa shape index (κ1) is 12.3. The summed E-state index contributed by atoms with van der Waals surface area (Å²) in [4.78, 5) is 0. The lowest BCUT2D eigenvalue weighted by atomic mass is 10.00. The van der Waals surface area contributed by atoms with E-state index in [0.717, 1.165) is 13.1 Å². The molecule has 0 aliphatic heterocycles. The Morgan fingerprint density at radius 3 is 2.31 bits per heavy atom. The molecule has 0 atom stereocenters. The Morgan fingerprint density at radius 1 is 1.31 bits per heavy atom. The number of halogens is 5. The van der Waals surface area contributed by atoms with Crippen molar-refractivity contribution in [3.05, 3.63) is 28.6 Å². The zero-order valence-electron chi connectivity index (χ0n) is 8.04. The maximum atomic E-state index is 13.2. The predicted molar refractivity (Wildman–Crippen MR) is 48.5 cm³/mol. The Hall–Kier alpha value is -1.77. The second-order valence-corrected chi connectivity index (χ2v) is 3.04. The molecule has 16 heavy (non-hydrogen) atoms. The van der Waals surface area contributed by atoms with E-state index in [0.29, 0.717) is 6.07 Å². The molecule has 0 aromatic heterocycles. The first-order valence-electron chi connectivity index (χ1n) is 4.06. The zero-order chi connectivity index (χ0) is 12.5. The Morgan fingerprint density at radius 2 is 1.88 bits per heavy atom. The molecule has 0 aliphatic carbocycles. The molecule has 0 fully saturated rings. The zero-order valence-corrected chi connectivity index (χ0v) is 8.04. The molecule has 0 radical (unpaired) electrons. The Bertz CT molecular complexity index is 479. The smallest absolute Gasteiger partial charge is 0.396 e. The first-order chi connectivity index (χ1) is 7.29. The van der Waals surface area contributed by atoms with Gasteiger partial charge in [0.1, 0.15) is 12.0 Å². The highest BCUT2D eigenvalue weighted by Gasteiger charge is 2.36. The lowest BCUT2D eigenvalue weighted by Crippen LogP contribution is -2.13. The fourth-order valence-corrected chi connectivity index (χ4v) is 1.33. The molecule has 1 aromatic rings. The molecule has 1 rings (SSSR count). The summed E-state index contributed by atoms with van der Waals surface area (Å²) < 4.78 is 62.6. The number of nitrogen functional groups attached to an aromatic ring is 1. The van der Waals surface area contributed by atoms with Gasteiger partial charge in [-0.3, -0.25) is 0 Å². The van der Waals surface area contributed by atoms with Crippen molar-refractivity contribution in [1.29, 1.82) is 0 Å². The fourth-order valence-electron chi connectivity index (χ4n) is 1.33. The third-order valence-electron chi connectivity index (χ3n) is 1.99. The summed E-state index contributed by atoms with van der Waals surface area (Å²) in [6, 6.07) is 0.664. The van der Waals surface area contributed by atoms with E-state index in [-0.39, 0.29) is 0 Å². The van der Waals surface area contributed by atoms with E-state index in [9.17, 15) is 22.0 Å². The first-order valence-corrected chi connectivity index (χ1v) is 4.06. The topological polar surface area (TPSA) is 26.0 Å².